The number of aryl methyl sites for hydroxylation is 1. The lowest BCUT2D eigenvalue weighted by atomic mass is 10.2. The van der Waals surface area contributed by atoms with Gasteiger partial charge in [-0.15, -0.1) is 10.2 Å². The van der Waals surface area contributed by atoms with E-state index in [-0.39, 0.29) is 37.1 Å². The lowest BCUT2D eigenvalue weighted by Gasteiger charge is -2.08. The second kappa shape index (κ2) is 8.76. The van der Waals surface area contributed by atoms with Crippen molar-refractivity contribution in [1.82, 2.24) is 10.2 Å². The number of nitro benzene ring substituents is 1. The number of nitrogens with zero attached hydrogens (tertiary/aromatic N) is 3. The molecule has 0 saturated heterocycles. The van der Waals surface area contributed by atoms with Crippen LogP contribution in [0.2, 0.25) is 0 Å². The van der Waals surface area contributed by atoms with Crippen LogP contribution in [0.15, 0.2) is 52.9 Å². The third-order valence-corrected chi connectivity index (χ3v) is 3.81. The Morgan fingerprint density at radius 1 is 1.14 bits per heavy atom. The Labute approximate surface area is 160 Å². The van der Waals surface area contributed by atoms with Crippen LogP contribution in [0.3, 0.4) is 0 Å². The van der Waals surface area contributed by atoms with E-state index in [2.05, 4.69) is 10.2 Å². The zero-order valence-corrected chi connectivity index (χ0v) is 15.0. The fourth-order valence-electron chi connectivity index (χ4n) is 2.33. The summed E-state index contributed by atoms with van der Waals surface area (Å²) in [7, 11) is 0. The molecule has 1 aromatic heterocycles. The molecule has 1 heterocycles. The number of nitro groups is 1. The van der Waals surface area contributed by atoms with Crippen LogP contribution >= 0.6 is 0 Å². The lowest BCUT2D eigenvalue weighted by molar-refractivity contribution is -0.384. The first-order valence-electron chi connectivity index (χ1n) is 8.44. The third-order valence-electron chi connectivity index (χ3n) is 3.81. The maximum atomic E-state index is 11.8. The second-order valence-corrected chi connectivity index (χ2v) is 5.83. The lowest BCUT2D eigenvalue weighted by Crippen LogP contribution is -2.10. The van der Waals surface area contributed by atoms with E-state index in [1.807, 2.05) is 31.2 Å². The van der Waals surface area contributed by atoms with Crippen molar-refractivity contribution < 1.29 is 23.6 Å². The van der Waals surface area contributed by atoms with Crippen molar-refractivity contribution in [2.75, 3.05) is 6.61 Å². The van der Waals surface area contributed by atoms with Crippen LogP contribution in [0.4, 0.5) is 5.69 Å². The van der Waals surface area contributed by atoms with E-state index in [0.29, 0.717) is 5.56 Å². The number of para-hydroxylation sites is 1. The van der Waals surface area contributed by atoms with Crippen molar-refractivity contribution in [2.45, 2.75) is 20.0 Å². The number of rotatable bonds is 8. The smallest absolute Gasteiger partial charge is 0.309 e. The average Bonchev–Trinajstić information content (AvgIpc) is 3.17. The van der Waals surface area contributed by atoms with E-state index in [0.717, 1.165) is 11.3 Å². The van der Waals surface area contributed by atoms with Gasteiger partial charge < -0.3 is 13.9 Å². The van der Waals surface area contributed by atoms with Crippen LogP contribution in [-0.4, -0.2) is 27.7 Å². The molecule has 0 spiro atoms. The van der Waals surface area contributed by atoms with Gasteiger partial charge in [-0.05, 0) is 30.7 Å². The first-order valence-corrected chi connectivity index (χ1v) is 8.44. The van der Waals surface area contributed by atoms with Gasteiger partial charge in [-0.25, -0.2) is 0 Å². The van der Waals surface area contributed by atoms with Crippen LogP contribution in [0.25, 0.3) is 11.5 Å². The number of benzene rings is 2. The van der Waals surface area contributed by atoms with Gasteiger partial charge >= 0.3 is 5.97 Å². The molecule has 0 saturated carbocycles. The van der Waals surface area contributed by atoms with Crippen LogP contribution in [0.1, 0.15) is 17.9 Å². The minimum atomic E-state index is -0.495. The van der Waals surface area contributed by atoms with Crippen molar-refractivity contribution in [1.29, 1.82) is 0 Å². The van der Waals surface area contributed by atoms with Crippen molar-refractivity contribution in [3.63, 3.8) is 0 Å². The molecule has 28 heavy (non-hydrogen) atoms. The molecule has 3 aromatic rings. The molecule has 0 N–H and O–H groups in total. The number of aromatic nitrogens is 2. The maximum absolute atomic E-state index is 11.8. The molecule has 0 fully saturated rings. The Morgan fingerprint density at radius 2 is 1.89 bits per heavy atom. The molecular weight excluding hydrogens is 366 g/mol. The Bertz CT molecular complexity index is 968. The van der Waals surface area contributed by atoms with E-state index < -0.39 is 10.9 Å². The van der Waals surface area contributed by atoms with E-state index in [4.69, 9.17) is 13.9 Å². The minimum Gasteiger partial charge on any atom is -0.493 e. The second-order valence-electron chi connectivity index (χ2n) is 5.83. The van der Waals surface area contributed by atoms with Crippen molar-refractivity contribution in [3.05, 3.63) is 70.1 Å². The standard InChI is InChI=1S/C19H17N3O6/c1-13-4-2-3-5-16(13)26-11-10-18(23)27-12-17-20-21-19(28-17)14-6-8-15(9-7-14)22(24)25/h2-9H,10-12H2,1H3. The van der Waals surface area contributed by atoms with Crippen molar-refractivity contribution in [2.24, 2.45) is 0 Å². The maximum Gasteiger partial charge on any atom is 0.309 e. The molecule has 0 atom stereocenters. The molecule has 0 aliphatic heterocycles. The van der Waals surface area contributed by atoms with Gasteiger partial charge in [0.1, 0.15) is 5.75 Å². The van der Waals surface area contributed by atoms with Gasteiger partial charge in [0.15, 0.2) is 6.61 Å². The van der Waals surface area contributed by atoms with Crippen LogP contribution in [0, 0.1) is 17.0 Å². The van der Waals surface area contributed by atoms with Gasteiger partial charge in [0.2, 0.25) is 5.89 Å². The molecule has 0 aliphatic rings. The van der Waals surface area contributed by atoms with E-state index in [9.17, 15) is 14.9 Å². The zero-order valence-electron chi connectivity index (χ0n) is 15.0. The SMILES string of the molecule is Cc1ccccc1OCCC(=O)OCc1nnc(-c2ccc([N+](=O)[O-])cc2)o1. The molecule has 0 unspecified atom stereocenters. The Kier molecular flexibility index (Phi) is 5.95. The fourth-order valence-corrected chi connectivity index (χ4v) is 2.33. The number of non-ortho nitro benzene ring substituents is 1. The summed E-state index contributed by atoms with van der Waals surface area (Å²) in [6, 6.07) is 13.2. The van der Waals surface area contributed by atoms with Crippen LogP contribution < -0.4 is 4.74 Å². The monoisotopic (exact) mass is 383 g/mol. The molecule has 2 aromatic carbocycles. The molecule has 0 amide bonds. The Morgan fingerprint density at radius 3 is 2.61 bits per heavy atom. The summed E-state index contributed by atoms with van der Waals surface area (Å²) < 4.78 is 16.0. The number of hydrogen-bond acceptors (Lipinski definition) is 8. The van der Waals surface area contributed by atoms with Crippen LogP contribution in [0.5, 0.6) is 5.75 Å². The van der Waals surface area contributed by atoms with E-state index in [1.54, 1.807) is 0 Å². The van der Waals surface area contributed by atoms with Crippen molar-refractivity contribution >= 4 is 11.7 Å². The highest BCUT2D eigenvalue weighted by atomic mass is 16.6. The van der Waals surface area contributed by atoms with Gasteiger partial charge in [-0.2, -0.15) is 0 Å². The van der Waals surface area contributed by atoms with Gasteiger partial charge in [0.05, 0.1) is 18.0 Å². The first kappa shape index (κ1) is 19.0. The highest BCUT2D eigenvalue weighted by Gasteiger charge is 2.13. The zero-order chi connectivity index (χ0) is 19.9. The van der Waals surface area contributed by atoms with Crippen molar-refractivity contribution in [3.8, 4) is 17.2 Å². The average molecular weight is 383 g/mol. The topological polar surface area (TPSA) is 118 Å². The normalized spacial score (nSPS) is 10.5. The first-order chi connectivity index (χ1) is 13.5. The molecule has 144 valence electrons. The van der Waals surface area contributed by atoms with E-state index in [1.165, 1.54) is 24.3 Å². The molecular formula is C19H17N3O6. The number of carbonyl (C=O) groups is 1. The molecule has 3 rings (SSSR count). The minimum absolute atomic E-state index is 0.0367. The van der Waals surface area contributed by atoms with E-state index >= 15 is 0 Å². The fraction of sp³-hybridized carbons (Fsp3) is 0.211. The summed E-state index contributed by atoms with van der Waals surface area (Å²) in [5.41, 5.74) is 1.48. The Hall–Kier alpha value is -3.75. The van der Waals surface area contributed by atoms with Gasteiger partial charge in [-0.1, -0.05) is 18.2 Å². The summed E-state index contributed by atoms with van der Waals surface area (Å²) in [6.07, 6.45) is 0.0810. The summed E-state index contributed by atoms with van der Waals surface area (Å²) in [6.45, 7) is 1.95. The van der Waals surface area contributed by atoms with Crippen LogP contribution in [-0.2, 0) is 16.1 Å². The number of carbonyl (C=O) groups excluding carboxylic acids is 1. The highest BCUT2D eigenvalue weighted by Crippen LogP contribution is 2.21. The highest BCUT2D eigenvalue weighted by molar-refractivity contribution is 5.69. The molecule has 9 nitrogen and oxygen atoms in total. The summed E-state index contributed by atoms with van der Waals surface area (Å²) in [4.78, 5) is 22.0. The molecule has 0 radical (unpaired) electrons. The Balaban J connectivity index is 1.46. The largest absolute Gasteiger partial charge is 0.493 e. The summed E-state index contributed by atoms with van der Waals surface area (Å²) in [5, 5.41) is 18.3. The third kappa shape index (κ3) is 4.91. The molecule has 9 heteroatoms. The van der Waals surface area contributed by atoms with Gasteiger partial charge in [0.25, 0.3) is 11.6 Å². The molecule has 0 aliphatic carbocycles. The predicted molar refractivity (Wildman–Crippen MR) is 97.5 cm³/mol. The van der Waals surface area contributed by atoms with Gasteiger partial charge in [0, 0.05) is 17.7 Å². The quantitative estimate of drug-likeness (QED) is 0.330. The predicted octanol–water partition coefficient (Wildman–Crippen LogP) is 3.47. The number of ether oxygens (including phenoxy) is 2. The summed E-state index contributed by atoms with van der Waals surface area (Å²) in [5.74, 6) is 0.578. The summed E-state index contributed by atoms with van der Waals surface area (Å²) >= 11 is 0. The van der Waals surface area contributed by atoms with Gasteiger partial charge in [-0.3, -0.25) is 14.9 Å². The number of esters is 1. The molecule has 0 bridgehead atoms. The number of hydrogen-bond donors (Lipinski definition) is 0.